The molecular weight excluding hydrogens is 521 g/mol. The van der Waals surface area contributed by atoms with E-state index in [-0.39, 0.29) is 17.3 Å². The van der Waals surface area contributed by atoms with Gasteiger partial charge in [-0.3, -0.25) is 14.8 Å². The van der Waals surface area contributed by atoms with E-state index >= 15 is 0 Å². The van der Waals surface area contributed by atoms with Gasteiger partial charge in [-0.2, -0.15) is 0 Å². The summed E-state index contributed by atoms with van der Waals surface area (Å²) in [6, 6.07) is 10.3. The lowest BCUT2D eigenvalue weighted by Gasteiger charge is -2.10. The van der Waals surface area contributed by atoms with Crippen LogP contribution >= 0.6 is 23.2 Å². The molecule has 5 aromatic rings. The van der Waals surface area contributed by atoms with Gasteiger partial charge >= 0.3 is 0 Å². The lowest BCUT2D eigenvalue weighted by Crippen LogP contribution is -2.23. The number of nitrogens with one attached hydrogen (secondary N) is 2. The highest BCUT2D eigenvalue weighted by atomic mass is 35.5. The Labute approximate surface area is 216 Å². The SMILES string of the molecule is CS(=O)(=O)c1cc(Cc2cc(C(=O)NCc3cnc4[nH]cc(Cl)c4c3)ccn2)cc2cc(Cl)cnc12. The fraction of sp³-hybridized carbons (Fsp3) is 0.120. The minimum atomic E-state index is -3.53. The zero-order valence-corrected chi connectivity index (χ0v) is 21.2. The summed E-state index contributed by atoms with van der Waals surface area (Å²) in [7, 11) is -3.53. The van der Waals surface area contributed by atoms with Gasteiger partial charge in [-0.15, -0.1) is 0 Å². The van der Waals surface area contributed by atoms with Crippen LogP contribution in [0.2, 0.25) is 10.0 Å². The fourth-order valence-electron chi connectivity index (χ4n) is 3.95. The number of carbonyl (C=O) groups excluding carboxylic acids is 1. The van der Waals surface area contributed by atoms with Crippen molar-refractivity contribution in [3.05, 3.63) is 93.6 Å². The van der Waals surface area contributed by atoms with E-state index in [0.717, 1.165) is 17.2 Å². The van der Waals surface area contributed by atoms with Crippen LogP contribution in [0.4, 0.5) is 0 Å². The van der Waals surface area contributed by atoms with Gasteiger partial charge in [0.15, 0.2) is 9.84 Å². The molecular formula is C25H19Cl2N5O3S. The summed E-state index contributed by atoms with van der Waals surface area (Å²) in [5.74, 6) is -0.273. The van der Waals surface area contributed by atoms with Crippen LogP contribution in [0.5, 0.6) is 0 Å². The summed E-state index contributed by atoms with van der Waals surface area (Å²) in [5.41, 5.74) is 3.60. The van der Waals surface area contributed by atoms with Crippen LogP contribution in [-0.2, 0) is 22.8 Å². The molecule has 11 heteroatoms. The van der Waals surface area contributed by atoms with E-state index in [4.69, 9.17) is 23.2 Å². The van der Waals surface area contributed by atoms with Gasteiger partial charge < -0.3 is 10.3 Å². The molecule has 0 bridgehead atoms. The third kappa shape index (κ3) is 5.04. The predicted octanol–water partition coefficient (Wildman–Crippen LogP) is 4.74. The van der Waals surface area contributed by atoms with Crippen molar-refractivity contribution in [2.24, 2.45) is 0 Å². The standard InChI is InChI=1S/C25H19Cl2N5O3S/c1-36(34,35)22-7-14(4-17-8-18(26)12-29-23(17)22)5-19-9-16(2-3-28-19)25(33)32-11-15-6-20-21(27)13-31-24(20)30-10-15/h2-4,6-10,12-13H,5,11H2,1H3,(H,30,31)(H,32,33). The van der Waals surface area contributed by atoms with Crippen molar-refractivity contribution < 1.29 is 13.2 Å². The van der Waals surface area contributed by atoms with Gasteiger partial charge in [0.05, 0.1) is 20.5 Å². The van der Waals surface area contributed by atoms with Crippen molar-refractivity contribution in [3.63, 3.8) is 0 Å². The molecule has 1 aromatic carbocycles. The highest BCUT2D eigenvalue weighted by Crippen LogP contribution is 2.27. The number of amides is 1. The minimum Gasteiger partial charge on any atom is -0.348 e. The van der Waals surface area contributed by atoms with Gasteiger partial charge in [0.2, 0.25) is 0 Å². The predicted molar refractivity (Wildman–Crippen MR) is 139 cm³/mol. The largest absolute Gasteiger partial charge is 0.348 e. The topological polar surface area (TPSA) is 118 Å². The van der Waals surface area contributed by atoms with E-state index in [0.29, 0.717) is 49.8 Å². The molecule has 2 N–H and O–H groups in total. The number of hydrogen-bond donors (Lipinski definition) is 2. The second-order valence-corrected chi connectivity index (χ2v) is 11.2. The molecule has 0 spiro atoms. The Morgan fingerprint density at radius 2 is 1.86 bits per heavy atom. The van der Waals surface area contributed by atoms with E-state index in [1.54, 1.807) is 42.9 Å². The summed E-state index contributed by atoms with van der Waals surface area (Å²) in [6.07, 6.45) is 7.77. The van der Waals surface area contributed by atoms with Crippen molar-refractivity contribution in [2.45, 2.75) is 17.9 Å². The maximum atomic E-state index is 12.8. The number of aromatic amines is 1. The van der Waals surface area contributed by atoms with Crippen molar-refractivity contribution in [2.75, 3.05) is 6.26 Å². The molecule has 4 heterocycles. The maximum Gasteiger partial charge on any atom is 0.251 e. The molecule has 5 rings (SSSR count). The van der Waals surface area contributed by atoms with E-state index in [2.05, 4.69) is 25.3 Å². The van der Waals surface area contributed by atoms with Crippen LogP contribution in [0.25, 0.3) is 21.9 Å². The number of carbonyl (C=O) groups is 1. The number of benzene rings is 1. The molecule has 182 valence electrons. The molecule has 0 atom stereocenters. The molecule has 0 fully saturated rings. The molecule has 36 heavy (non-hydrogen) atoms. The Kier molecular flexibility index (Phi) is 6.38. The van der Waals surface area contributed by atoms with Crippen LogP contribution in [0, 0.1) is 0 Å². The van der Waals surface area contributed by atoms with Gasteiger partial charge in [0.25, 0.3) is 5.91 Å². The maximum absolute atomic E-state index is 12.8. The molecule has 0 aliphatic carbocycles. The highest BCUT2D eigenvalue weighted by Gasteiger charge is 2.16. The fourth-order valence-corrected chi connectivity index (χ4v) is 5.21. The van der Waals surface area contributed by atoms with Gasteiger partial charge in [-0.05, 0) is 47.5 Å². The number of halogens is 2. The monoisotopic (exact) mass is 539 g/mol. The first-order chi connectivity index (χ1) is 17.2. The second kappa shape index (κ2) is 9.50. The van der Waals surface area contributed by atoms with Crippen molar-refractivity contribution >= 4 is 60.9 Å². The summed E-state index contributed by atoms with van der Waals surface area (Å²) in [5, 5.41) is 5.25. The van der Waals surface area contributed by atoms with Crippen LogP contribution in [0.1, 0.15) is 27.2 Å². The third-order valence-corrected chi connectivity index (χ3v) is 7.26. The van der Waals surface area contributed by atoms with Crippen molar-refractivity contribution in [3.8, 4) is 0 Å². The number of fused-ring (bicyclic) bond motifs is 2. The number of sulfone groups is 1. The number of pyridine rings is 3. The molecule has 0 saturated carbocycles. The third-order valence-electron chi connectivity index (χ3n) is 5.63. The summed E-state index contributed by atoms with van der Waals surface area (Å²) < 4.78 is 24.8. The first-order valence-corrected chi connectivity index (χ1v) is 13.4. The van der Waals surface area contributed by atoms with Crippen molar-refractivity contribution in [1.82, 2.24) is 25.3 Å². The van der Waals surface area contributed by atoms with Gasteiger partial charge in [-0.25, -0.2) is 13.4 Å². The zero-order valence-electron chi connectivity index (χ0n) is 18.9. The lowest BCUT2D eigenvalue weighted by atomic mass is 10.0. The Morgan fingerprint density at radius 3 is 2.67 bits per heavy atom. The molecule has 1 amide bonds. The van der Waals surface area contributed by atoms with E-state index in [9.17, 15) is 13.2 Å². The highest BCUT2D eigenvalue weighted by molar-refractivity contribution is 7.91. The first kappa shape index (κ1) is 24.2. The Balaban J connectivity index is 1.37. The quantitative estimate of drug-likeness (QED) is 0.321. The summed E-state index contributed by atoms with van der Waals surface area (Å²) in [6.45, 7) is 0.275. The molecule has 8 nitrogen and oxygen atoms in total. The first-order valence-electron chi connectivity index (χ1n) is 10.8. The van der Waals surface area contributed by atoms with Gasteiger partial charge in [-0.1, -0.05) is 23.2 Å². The number of rotatable bonds is 6. The number of nitrogens with zero attached hydrogens (tertiary/aromatic N) is 3. The molecule has 0 radical (unpaired) electrons. The molecule has 0 aliphatic heterocycles. The number of aromatic nitrogens is 4. The normalized spacial score (nSPS) is 11.8. The Morgan fingerprint density at radius 1 is 1.03 bits per heavy atom. The van der Waals surface area contributed by atoms with E-state index in [1.807, 2.05) is 12.1 Å². The van der Waals surface area contributed by atoms with Gasteiger partial charge in [0, 0.05) is 66.0 Å². The van der Waals surface area contributed by atoms with Crippen LogP contribution in [-0.4, -0.2) is 40.5 Å². The van der Waals surface area contributed by atoms with Crippen LogP contribution < -0.4 is 5.32 Å². The van der Waals surface area contributed by atoms with Crippen LogP contribution in [0.3, 0.4) is 0 Å². The Bertz CT molecular complexity index is 1750. The zero-order chi connectivity index (χ0) is 25.4. The average Bonchev–Trinajstić information content (AvgIpc) is 3.21. The molecule has 0 unspecified atom stereocenters. The summed E-state index contributed by atoms with van der Waals surface area (Å²) >= 11 is 12.2. The minimum absolute atomic E-state index is 0.119. The number of hydrogen-bond acceptors (Lipinski definition) is 6. The smallest absolute Gasteiger partial charge is 0.251 e. The molecule has 4 aromatic heterocycles. The van der Waals surface area contributed by atoms with E-state index in [1.165, 1.54) is 6.20 Å². The lowest BCUT2D eigenvalue weighted by molar-refractivity contribution is 0.0950. The molecule has 0 aliphatic rings. The van der Waals surface area contributed by atoms with Crippen molar-refractivity contribution in [1.29, 1.82) is 0 Å². The summed E-state index contributed by atoms with van der Waals surface area (Å²) in [4.78, 5) is 28.8. The van der Waals surface area contributed by atoms with E-state index < -0.39 is 9.84 Å². The second-order valence-electron chi connectivity index (χ2n) is 8.36. The molecule has 0 saturated heterocycles. The Hall–Kier alpha value is -3.53. The van der Waals surface area contributed by atoms with Crippen LogP contribution in [0.15, 0.2) is 66.1 Å². The van der Waals surface area contributed by atoms with Gasteiger partial charge in [0.1, 0.15) is 5.65 Å². The average molecular weight is 540 g/mol. The number of H-pyrrole nitrogens is 1.